The number of carboxylic acid groups (broad SMARTS) is 1. The first-order chi connectivity index (χ1) is 9.44. The van der Waals surface area contributed by atoms with Crippen LogP contribution in [0.15, 0.2) is 24.3 Å². The summed E-state index contributed by atoms with van der Waals surface area (Å²) in [5, 5.41) is 14.1. The van der Waals surface area contributed by atoms with Gasteiger partial charge in [0.25, 0.3) is 0 Å². The molecule has 3 unspecified atom stereocenters. The van der Waals surface area contributed by atoms with Gasteiger partial charge in [-0.05, 0) is 19.8 Å². The second kappa shape index (κ2) is 7.27. The molecule has 0 radical (unpaired) electrons. The number of unbranched alkanes of at least 4 members (excludes halogenated alkanes) is 1. The van der Waals surface area contributed by atoms with Crippen molar-refractivity contribution in [1.29, 1.82) is 0 Å². The van der Waals surface area contributed by atoms with Crippen molar-refractivity contribution in [2.24, 2.45) is 11.8 Å². The SMILES string of the molecule is CCCCC(CC)C(=O)NC1(C)C=CC=CC1C(=O)[O-]. The number of amides is 1. The van der Waals surface area contributed by atoms with Crippen LogP contribution in [0.1, 0.15) is 46.5 Å². The van der Waals surface area contributed by atoms with Crippen LogP contribution in [0, 0.1) is 11.8 Å². The molecule has 0 aromatic carbocycles. The summed E-state index contributed by atoms with van der Waals surface area (Å²) in [5.74, 6) is -2.14. The summed E-state index contributed by atoms with van der Waals surface area (Å²) < 4.78 is 0. The highest BCUT2D eigenvalue weighted by molar-refractivity contribution is 5.82. The highest BCUT2D eigenvalue weighted by Crippen LogP contribution is 2.25. The number of aliphatic carboxylic acids is 1. The molecule has 1 aliphatic rings. The van der Waals surface area contributed by atoms with Gasteiger partial charge >= 0.3 is 0 Å². The highest BCUT2D eigenvalue weighted by atomic mass is 16.4. The van der Waals surface area contributed by atoms with Crippen molar-refractivity contribution in [1.82, 2.24) is 5.32 Å². The standard InChI is InChI=1S/C16H25NO3/c1-4-6-9-12(5-2)14(18)17-16(3)11-8-7-10-13(16)15(19)20/h7-8,10-13H,4-6,9H2,1-3H3,(H,17,18)(H,19,20)/p-1. The largest absolute Gasteiger partial charge is 0.549 e. The van der Waals surface area contributed by atoms with Gasteiger partial charge in [-0.25, -0.2) is 0 Å². The fraction of sp³-hybridized carbons (Fsp3) is 0.625. The molecule has 3 atom stereocenters. The predicted molar refractivity (Wildman–Crippen MR) is 76.6 cm³/mol. The lowest BCUT2D eigenvalue weighted by Crippen LogP contribution is -2.56. The maximum absolute atomic E-state index is 12.3. The Kier molecular flexibility index (Phi) is 5.99. The predicted octanol–water partition coefficient (Wildman–Crippen LogP) is 1.57. The molecule has 1 rings (SSSR count). The van der Waals surface area contributed by atoms with E-state index in [1.165, 1.54) is 0 Å². The summed E-state index contributed by atoms with van der Waals surface area (Å²) in [5.41, 5.74) is -0.912. The number of carboxylic acids is 1. The van der Waals surface area contributed by atoms with Crippen LogP contribution in [0.2, 0.25) is 0 Å². The number of carbonyl (C=O) groups excluding carboxylic acids is 2. The Morgan fingerprint density at radius 1 is 1.35 bits per heavy atom. The first kappa shape index (κ1) is 16.5. The molecule has 4 heteroatoms. The molecule has 0 saturated carbocycles. The molecule has 0 bridgehead atoms. The molecule has 0 aromatic rings. The smallest absolute Gasteiger partial charge is 0.223 e. The topological polar surface area (TPSA) is 69.2 Å². The van der Waals surface area contributed by atoms with Gasteiger partial charge < -0.3 is 15.2 Å². The first-order valence-corrected chi connectivity index (χ1v) is 7.33. The lowest BCUT2D eigenvalue weighted by molar-refractivity contribution is -0.311. The fourth-order valence-corrected chi connectivity index (χ4v) is 2.52. The van der Waals surface area contributed by atoms with Gasteiger partial charge in [0.2, 0.25) is 5.91 Å². The summed E-state index contributed by atoms with van der Waals surface area (Å²) in [6.07, 6.45) is 10.4. The third-order valence-corrected chi connectivity index (χ3v) is 3.92. The van der Waals surface area contributed by atoms with Crippen LogP contribution in [0.3, 0.4) is 0 Å². The van der Waals surface area contributed by atoms with E-state index in [-0.39, 0.29) is 11.8 Å². The molecule has 1 amide bonds. The number of hydrogen-bond acceptors (Lipinski definition) is 3. The van der Waals surface area contributed by atoms with Crippen molar-refractivity contribution in [3.05, 3.63) is 24.3 Å². The molecule has 1 aliphatic carbocycles. The zero-order valence-electron chi connectivity index (χ0n) is 12.5. The molecule has 4 nitrogen and oxygen atoms in total. The minimum absolute atomic E-state index is 0.0616. The lowest BCUT2D eigenvalue weighted by atomic mass is 9.81. The van der Waals surface area contributed by atoms with Gasteiger partial charge in [0, 0.05) is 11.8 Å². The zero-order valence-corrected chi connectivity index (χ0v) is 12.5. The van der Waals surface area contributed by atoms with Crippen molar-refractivity contribution in [2.75, 3.05) is 0 Å². The van der Waals surface area contributed by atoms with Crippen molar-refractivity contribution in [3.63, 3.8) is 0 Å². The van der Waals surface area contributed by atoms with Crippen molar-refractivity contribution in [3.8, 4) is 0 Å². The van der Waals surface area contributed by atoms with E-state index < -0.39 is 17.4 Å². The van der Waals surface area contributed by atoms with E-state index >= 15 is 0 Å². The molecule has 20 heavy (non-hydrogen) atoms. The van der Waals surface area contributed by atoms with Gasteiger partial charge in [-0.2, -0.15) is 0 Å². The molecular formula is C16H24NO3-. The van der Waals surface area contributed by atoms with E-state index in [9.17, 15) is 14.7 Å². The van der Waals surface area contributed by atoms with Crippen LogP contribution in [0.25, 0.3) is 0 Å². The normalized spacial score (nSPS) is 26.2. The Balaban J connectivity index is 2.78. The zero-order chi connectivity index (χ0) is 15.2. The number of allylic oxidation sites excluding steroid dienone is 2. The molecule has 0 aromatic heterocycles. The Hall–Kier alpha value is -1.58. The molecule has 112 valence electrons. The Morgan fingerprint density at radius 2 is 2.05 bits per heavy atom. The Labute approximate surface area is 120 Å². The number of hydrogen-bond donors (Lipinski definition) is 1. The Morgan fingerprint density at radius 3 is 2.60 bits per heavy atom. The van der Waals surface area contributed by atoms with Gasteiger partial charge in [-0.15, -0.1) is 0 Å². The quantitative estimate of drug-likeness (QED) is 0.768. The van der Waals surface area contributed by atoms with Gasteiger partial charge in [0.15, 0.2) is 0 Å². The third kappa shape index (κ3) is 3.95. The number of rotatable bonds is 7. The van der Waals surface area contributed by atoms with Crippen LogP contribution in [0.4, 0.5) is 0 Å². The van der Waals surface area contributed by atoms with E-state index in [1.54, 1.807) is 31.2 Å². The van der Waals surface area contributed by atoms with Crippen LogP contribution in [-0.4, -0.2) is 17.4 Å². The van der Waals surface area contributed by atoms with Crippen LogP contribution in [0.5, 0.6) is 0 Å². The van der Waals surface area contributed by atoms with E-state index in [0.717, 1.165) is 25.7 Å². The second-order valence-electron chi connectivity index (χ2n) is 5.56. The van der Waals surface area contributed by atoms with Crippen LogP contribution < -0.4 is 10.4 Å². The van der Waals surface area contributed by atoms with E-state index in [1.807, 2.05) is 6.92 Å². The van der Waals surface area contributed by atoms with Crippen LogP contribution in [-0.2, 0) is 9.59 Å². The average molecular weight is 278 g/mol. The van der Waals surface area contributed by atoms with E-state index in [4.69, 9.17) is 0 Å². The second-order valence-corrected chi connectivity index (χ2v) is 5.56. The van der Waals surface area contributed by atoms with Crippen molar-refractivity contribution in [2.45, 2.75) is 52.0 Å². The number of nitrogens with one attached hydrogen (secondary N) is 1. The minimum atomic E-state index is -1.17. The summed E-state index contributed by atoms with van der Waals surface area (Å²) in [4.78, 5) is 23.6. The monoisotopic (exact) mass is 278 g/mol. The van der Waals surface area contributed by atoms with Crippen LogP contribution >= 0.6 is 0 Å². The van der Waals surface area contributed by atoms with E-state index in [2.05, 4.69) is 12.2 Å². The molecule has 0 spiro atoms. The maximum atomic E-state index is 12.3. The molecule has 0 saturated heterocycles. The van der Waals surface area contributed by atoms with Crippen molar-refractivity contribution >= 4 is 11.9 Å². The maximum Gasteiger partial charge on any atom is 0.223 e. The molecule has 1 N–H and O–H groups in total. The fourth-order valence-electron chi connectivity index (χ4n) is 2.52. The van der Waals surface area contributed by atoms with Gasteiger partial charge in [0.05, 0.1) is 11.5 Å². The molecular weight excluding hydrogens is 254 g/mol. The van der Waals surface area contributed by atoms with E-state index in [0.29, 0.717) is 0 Å². The molecule has 0 fully saturated rings. The summed E-state index contributed by atoms with van der Waals surface area (Å²) in [6.45, 7) is 5.79. The molecule has 0 aliphatic heterocycles. The average Bonchev–Trinajstić information content (AvgIpc) is 2.39. The lowest BCUT2D eigenvalue weighted by Gasteiger charge is -2.37. The number of carbonyl (C=O) groups is 2. The first-order valence-electron chi connectivity index (χ1n) is 7.33. The minimum Gasteiger partial charge on any atom is -0.549 e. The van der Waals surface area contributed by atoms with Crippen molar-refractivity contribution < 1.29 is 14.7 Å². The highest BCUT2D eigenvalue weighted by Gasteiger charge is 2.35. The third-order valence-electron chi connectivity index (χ3n) is 3.92. The van der Waals surface area contributed by atoms with Gasteiger partial charge in [-0.1, -0.05) is 51.0 Å². The summed E-state index contributed by atoms with van der Waals surface area (Å²) in [6, 6.07) is 0. The molecule has 0 heterocycles. The summed E-state index contributed by atoms with van der Waals surface area (Å²) in [7, 11) is 0. The van der Waals surface area contributed by atoms with Gasteiger partial charge in [-0.3, -0.25) is 4.79 Å². The summed E-state index contributed by atoms with van der Waals surface area (Å²) >= 11 is 0. The Bertz CT molecular complexity index is 414. The van der Waals surface area contributed by atoms with Gasteiger partial charge in [0.1, 0.15) is 0 Å².